The molecule has 1 rings (SSSR count). The first-order chi connectivity index (χ1) is 9.85. The van der Waals surface area contributed by atoms with E-state index in [-0.39, 0.29) is 16.5 Å². The van der Waals surface area contributed by atoms with Crippen molar-refractivity contribution in [2.45, 2.75) is 20.0 Å². The molecule has 114 valence electrons. The fourth-order valence-corrected chi connectivity index (χ4v) is 1.52. The molecule has 0 radical (unpaired) electrons. The van der Waals surface area contributed by atoms with E-state index in [1.807, 2.05) is 0 Å². The van der Waals surface area contributed by atoms with E-state index in [4.69, 9.17) is 16.3 Å². The normalized spacial score (nSPS) is 11.4. The Morgan fingerprint density at radius 1 is 1.48 bits per heavy atom. The molecule has 0 bridgehead atoms. The van der Waals surface area contributed by atoms with Crippen LogP contribution in [0.5, 0.6) is 5.75 Å². The third-order valence-corrected chi connectivity index (χ3v) is 2.68. The average molecular weight is 316 g/mol. The molecule has 1 unspecified atom stereocenters. The molecule has 1 aromatic rings. The van der Waals surface area contributed by atoms with Crippen molar-refractivity contribution < 1.29 is 19.2 Å². The van der Waals surface area contributed by atoms with Gasteiger partial charge < -0.3 is 10.1 Å². The largest absolute Gasteiger partial charge is 0.479 e. The van der Waals surface area contributed by atoms with E-state index >= 15 is 0 Å². The summed E-state index contributed by atoms with van der Waals surface area (Å²) in [4.78, 5) is 33.0. The molecular weight excluding hydrogens is 302 g/mol. The number of hydrogen-bond acceptors (Lipinski definition) is 5. The zero-order valence-corrected chi connectivity index (χ0v) is 12.1. The summed E-state index contributed by atoms with van der Waals surface area (Å²) in [5, 5.41) is 15.3. The molecule has 21 heavy (non-hydrogen) atoms. The van der Waals surface area contributed by atoms with E-state index < -0.39 is 23.0 Å². The molecule has 0 aliphatic heterocycles. The van der Waals surface area contributed by atoms with Crippen LogP contribution in [0.25, 0.3) is 0 Å². The van der Waals surface area contributed by atoms with Crippen molar-refractivity contribution in [3.63, 3.8) is 0 Å². The van der Waals surface area contributed by atoms with Crippen molar-refractivity contribution in [1.82, 2.24) is 10.6 Å². The van der Waals surface area contributed by atoms with E-state index in [2.05, 4.69) is 10.6 Å². The van der Waals surface area contributed by atoms with E-state index in [0.29, 0.717) is 6.54 Å². The Hall–Kier alpha value is -2.35. The Morgan fingerprint density at radius 3 is 2.71 bits per heavy atom. The first kappa shape index (κ1) is 16.7. The molecule has 0 spiro atoms. The maximum Gasteiger partial charge on any atom is 0.321 e. The second-order valence-electron chi connectivity index (χ2n) is 3.98. The number of imide groups is 1. The zero-order chi connectivity index (χ0) is 16.0. The third kappa shape index (κ3) is 4.92. The summed E-state index contributed by atoms with van der Waals surface area (Å²) in [5.74, 6) is -0.701. The molecule has 0 saturated heterocycles. The van der Waals surface area contributed by atoms with Crippen molar-refractivity contribution >= 4 is 29.2 Å². The molecule has 0 heterocycles. The van der Waals surface area contributed by atoms with Crippen LogP contribution in [0.3, 0.4) is 0 Å². The number of carbonyl (C=O) groups excluding carboxylic acids is 2. The maximum atomic E-state index is 11.7. The van der Waals surface area contributed by atoms with Crippen LogP contribution in [-0.4, -0.2) is 29.5 Å². The highest BCUT2D eigenvalue weighted by Gasteiger charge is 2.20. The number of benzene rings is 1. The van der Waals surface area contributed by atoms with Crippen LogP contribution < -0.4 is 15.4 Å². The van der Waals surface area contributed by atoms with Gasteiger partial charge >= 0.3 is 6.03 Å². The molecule has 8 nitrogen and oxygen atoms in total. The molecule has 0 saturated carbocycles. The summed E-state index contributed by atoms with van der Waals surface area (Å²) in [5.41, 5.74) is -0.217. The lowest BCUT2D eigenvalue weighted by molar-refractivity contribution is -0.384. The van der Waals surface area contributed by atoms with Gasteiger partial charge in [-0.05, 0) is 19.9 Å². The maximum absolute atomic E-state index is 11.7. The SMILES string of the molecule is CCNC(=O)NC(=O)C(C)Oc1cc([N+](=O)[O-])ccc1Cl. The van der Waals surface area contributed by atoms with Crippen LogP contribution >= 0.6 is 11.6 Å². The van der Waals surface area contributed by atoms with Gasteiger partial charge in [0.2, 0.25) is 0 Å². The van der Waals surface area contributed by atoms with Crippen molar-refractivity contribution in [1.29, 1.82) is 0 Å². The van der Waals surface area contributed by atoms with E-state index in [9.17, 15) is 19.7 Å². The molecule has 3 amide bonds. The van der Waals surface area contributed by atoms with Gasteiger partial charge in [0.25, 0.3) is 11.6 Å². The van der Waals surface area contributed by atoms with Crippen molar-refractivity contribution in [3.8, 4) is 5.75 Å². The third-order valence-electron chi connectivity index (χ3n) is 2.37. The highest BCUT2D eigenvalue weighted by molar-refractivity contribution is 6.32. The highest BCUT2D eigenvalue weighted by Crippen LogP contribution is 2.29. The minimum absolute atomic E-state index is 0.00980. The molecule has 1 aromatic carbocycles. The van der Waals surface area contributed by atoms with Crippen LogP contribution in [0.1, 0.15) is 13.8 Å². The Labute approximate surface area is 125 Å². The Kier molecular flexibility index (Phi) is 5.92. The Bertz CT molecular complexity index is 564. The van der Waals surface area contributed by atoms with Crippen LogP contribution in [0.2, 0.25) is 5.02 Å². The average Bonchev–Trinajstić information content (AvgIpc) is 2.40. The number of nitrogens with one attached hydrogen (secondary N) is 2. The topological polar surface area (TPSA) is 111 Å². The van der Waals surface area contributed by atoms with Crippen molar-refractivity contribution in [3.05, 3.63) is 33.3 Å². The number of nitrogens with zero attached hydrogens (tertiary/aromatic N) is 1. The predicted octanol–water partition coefficient (Wildman–Crippen LogP) is 1.86. The number of amides is 3. The Morgan fingerprint density at radius 2 is 2.14 bits per heavy atom. The van der Waals surface area contributed by atoms with Gasteiger partial charge in [-0.1, -0.05) is 11.6 Å². The van der Waals surface area contributed by atoms with E-state index in [1.165, 1.54) is 19.1 Å². The fraction of sp³-hybridized carbons (Fsp3) is 0.333. The van der Waals surface area contributed by atoms with Gasteiger partial charge in [0, 0.05) is 12.6 Å². The van der Waals surface area contributed by atoms with Gasteiger partial charge in [-0.2, -0.15) is 0 Å². The lowest BCUT2D eigenvalue weighted by Crippen LogP contribution is -2.45. The molecular formula is C12H14ClN3O5. The second-order valence-corrected chi connectivity index (χ2v) is 4.39. The number of rotatable bonds is 5. The van der Waals surface area contributed by atoms with Crippen LogP contribution in [0, 0.1) is 10.1 Å². The molecule has 0 aromatic heterocycles. The van der Waals surface area contributed by atoms with Crippen LogP contribution in [-0.2, 0) is 4.79 Å². The molecule has 0 fully saturated rings. The molecule has 2 N–H and O–H groups in total. The van der Waals surface area contributed by atoms with E-state index in [1.54, 1.807) is 6.92 Å². The van der Waals surface area contributed by atoms with Gasteiger partial charge in [0.1, 0.15) is 5.75 Å². The van der Waals surface area contributed by atoms with Crippen molar-refractivity contribution in [2.24, 2.45) is 0 Å². The quantitative estimate of drug-likeness (QED) is 0.636. The number of nitro benzene ring substituents is 1. The fourth-order valence-electron chi connectivity index (χ4n) is 1.36. The number of carbonyl (C=O) groups is 2. The minimum Gasteiger partial charge on any atom is -0.479 e. The minimum atomic E-state index is -1.05. The highest BCUT2D eigenvalue weighted by atomic mass is 35.5. The monoisotopic (exact) mass is 315 g/mol. The second kappa shape index (κ2) is 7.44. The summed E-state index contributed by atoms with van der Waals surface area (Å²) < 4.78 is 5.25. The number of non-ortho nitro benzene ring substituents is 1. The number of nitro groups is 1. The lowest BCUT2D eigenvalue weighted by atomic mass is 10.3. The summed E-state index contributed by atoms with van der Waals surface area (Å²) in [6, 6.07) is 2.97. The standard InChI is InChI=1S/C12H14ClN3O5/c1-3-14-12(18)15-11(17)7(2)21-10-6-8(16(19)20)4-5-9(10)13/h4-7H,3H2,1-2H3,(H2,14,15,17,18). The molecule has 1 atom stereocenters. The van der Waals surface area contributed by atoms with Gasteiger partial charge in [-0.25, -0.2) is 4.79 Å². The number of ether oxygens (including phenoxy) is 1. The lowest BCUT2D eigenvalue weighted by Gasteiger charge is -2.15. The zero-order valence-electron chi connectivity index (χ0n) is 11.4. The smallest absolute Gasteiger partial charge is 0.321 e. The number of hydrogen-bond donors (Lipinski definition) is 2. The predicted molar refractivity (Wildman–Crippen MR) is 75.4 cm³/mol. The van der Waals surface area contributed by atoms with Gasteiger partial charge in [-0.3, -0.25) is 20.2 Å². The summed E-state index contributed by atoms with van der Waals surface area (Å²) in [6.07, 6.45) is -1.05. The van der Waals surface area contributed by atoms with Gasteiger partial charge in [0.05, 0.1) is 16.0 Å². The van der Waals surface area contributed by atoms with Crippen LogP contribution in [0.15, 0.2) is 18.2 Å². The number of halogens is 1. The molecule has 9 heteroatoms. The summed E-state index contributed by atoms with van der Waals surface area (Å²) in [6.45, 7) is 3.46. The first-order valence-electron chi connectivity index (χ1n) is 6.04. The summed E-state index contributed by atoms with van der Waals surface area (Å²) >= 11 is 5.85. The van der Waals surface area contributed by atoms with Gasteiger partial charge in [-0.15, -0.1) is 0 Å². The Balaban J connectivity index is 2.76. The van der Waals surface area contributed by atoms with Gasteiger partial charge in [0.15, 0.2) is 6.10 Å². The first-order valence-corrected chi connectivity index (χ1v) is 6.42. The number of urea groups is 1. The molecule has 0 aliphatic carbocycles. The van der Waals surface area contributed by atoms with Crippen LogP contribution in [0.4, 0.5) is 10.5 Å². The van der Waals surface area contributed by atoms with Crippen molar-refractivity contribution in [2.75, 3.05) is 6.54 Å². The van der Waals surface area contributed by atoms with E-state index in [0.717, 1.165) is 6.07 Å². The summed E-state index contributed by atoms with van der Waals surface area (Å²) in [7, 11) is 0. The molecule has 0 aliphatic rings.